The molecule has 1 aliphatic rings. The van der Waals surface area contributed by atoms with Gasteiger partial charge in [0.05, 0.1) is 11.3 Å². The topological polar surface area (TPSA) is 64.0 Å². The number of nitrogens with one attached hydrogen (secondary N) is 1. The van der Waals surface area contributed by atoms with E-state index in [4.69, 9.17) is 0 Å². The van der Waals surface area contributed by atoms with Gasteiger partial charge in [0.2, 0.25) is 0 Å². The molecule has 1 aromatic carbocycles. The molecular weight excluding hydrogens is 463 g/mol. The molecule has 0 spiro atoms. The third kappa shape index (κ3) is 4.75. The molecule has 4 rings (SSSR count). The zero-order valence-electron chi connectivity index (χ0n) is 18.9. The third-order valence-corrected chi connectivity index (χ3v) is 6.95. The van der Waals surface area contributed by atoms with Gasteiger partial charge >= 0.3 is 6.18 Å². The standard InChI is InChI=1S/C25H24F3N3O2S/c1-14(2)12-30-24(33)23-19-11-22(16-5-4-8-29-13-16)34-21-7-6-17(25(26,27)28)10-18(21)31(19)15(3)9-20(23)32/h4-10,13-14,22H,11-12H2,1-3H3,(H,30,33). The smallest absolute Gasteiger partial charge is 0.352 e. The number of thioether (sulfide) groups is 1. The minimum Gasteiger partial charge on any atom is -0.352 e. The van der Waals surface area contributed by atoms with Gasteiger partial charge in [-0.3, -0.25) is 14.6 Å². The van der Waals surface area contributed by atoms with Crippen molar-refractivity contribution in [3.63, 3.8) is 0 Å². The van der Waals surface area contributed by atoms with Crippen LogP contribution in [-0.4, -0.2) is 22.0 Å². The number of carbonyl (C=O) groups is 1. The molecule has 0 aliphatic carbocycles. The number of aryl methyl sites for hydroxylation is 1. The third-order valence-electron chi connectivity index (χ3n) is 5.63. The molecule has 0 saturated carbocycles. The molecule has 1 aliphatic heterocycles. The van der Waals surface area contributed by atoms with Gasteiger partial charge in [0, 0.05) is 53.0 Å². The number of hydrogen-bond acceptors (Lipinski definition) is 4. The number of pyridine rings is 2. The SMILES string of the molecule is Cc1cc(=O)c(C(=O)NCC(C)C)c2n1-c1cc(C(F)(F)F)ccc1SC(c1cccnc1)C2. The lowest BCUT2D eigenvalue weighted by Crippen LogP contribution is -2.34. The highest BCUT2D eigenvalue weighted by Gasteiger charge is 2.34. The van der Waals surface area contributed by atoms with Crippen LogP contribution >= 0.6 is 11.8 Å². The number of hydrogen-bond donors (Lipinski definition) is 1. The van der Waals surface area contributed by atoms with Gasteiger partial charge < -0.3 is 9.88 Å². The maximum Gasteiger partial charge on any atom is 0.416 e. The van der Waals surface area contributed by atoms with Crippen molar-refractivity contribution < 1.29 is 18.0 Å². The van der Waals surface area contributed by atoms with Gasteiger partial charge in [-0.05, 0) is 42.7 Å². The van der Waals surface area contributed by atoms with E-state index in [1.54, 1.807) is 30.0 Å². The summed E-state index contributed by atoms with van der Waals surface area (Å²) in [5.74, 6) is -0.350. The molecule has 34 heavy (non-hydrogen) atoms. The van der Waals surface area contributed by atoms with Crippen molar-refractivity contribution in [2.45, 2.75) is 43.5 Å². The summed E-state index contributed by atoms with van der Waals surface area (Å²) >= 11 is 1.40. The number of rotatable bonds is 4. The molecule has 1 unspecified atom stereocenters. The number of alkyl halides is 3. The fraction of sp³-hybridized carbons (Fsp3) is 0.320. The van der Waals surface area contributed by atoms with E-state index in [0.717, 1.165) is 17.7 Å². The van der Waals surface area contributed by atoms with Gasteiger partial charge in [0.1, 0.15) is 5.56 Å². The van der Waals surface area contributed by atoms with Crippen LogP contribution in [0, 0.1) is 12.8 Å². The molecular formula is C25H24F3N3O2S. The van der Waals surface area contributed by atoms with Crippen LogP contribution in [0.1, 0.15) is 52.0 Å². The number of carbonyl (C=O) groups excluding carboxylic acids is 1. The second kappa shape index (κ2) is 9.29. The molecule has 2 aromatic heterocycles. The predicted molar refractivity (Wildman–Crippen MR) is 125 cm³/mol. The highest BCUT2D eigenvalue weighted by atomic mass is 32.2. The summed E-state index contributed by atoms with van der Waals surface area (Å²) < 4.78 is 42.4. The lowest BCUT2D eigenvalue weighted by atomic mass is 10.0. The number of nitrogens with zero attached hydrogens (tertiary/aromatic N) is 2. The first-order valence-corrected chi connectivity index (χ1v) is 11.8. The average Bonchev–Trinajstić information content (AvgIpc) is 2.94. The van der Waals surface area contributed by atoms with Crippen molar-refractivity contribution in [1.82, 2.24) is 14.9 Å². The van der Waals surface area contributed by atoms with E-state index in [2.05, 4.69) is 10.3 Å². The predicted octanol–water partition coefficient (Wildman–Crippen LogP) is 5.34. The van der Waals surface area contributed by atoms with E-state index >= 15 is 0 Å². The zero-order valence-corrected chi connectivity index (χ0v) is 19.8. The second-order valence-electron chi connectivity index (χ2n) is 8.69. The van der Waals surface area contributed by atoms with E-state index < -0.39 is 23.1 Å². The van der Waals surface area contributed by atoms with Crippen molar-refractivity contribution in [3.8, 4) is 5.69 Å². The average molecular weight is 488 g/mol. The Morgan fingerprint density at radius 2 is 2.03 bits per heavy atom. The monoisotopic (exact) mass is 487 g/mol. The van der Waals surface area contributed by atoms with Crippen LogP contribution in [-0.2, 0) is 12.6 Å². The minimum absolute atomic E-state index is 0.0361. The fourth-order valence-electron chi connectivity index (χ4n) is 4.04. The molecule has 3 aromatic rings. The molecule has 3 heterocycles. The van der Waals surface area contributed by atoms with Crippen LogP contribution in [0.2, 0.25) is 0 Å². The molecule has 0 radical (unpaired) electrons. The van der Waals surface area contributed by atoms with Crippen LogP contribution in [0.25, 0.3) is 5.69 Å². The summed E-state index contributed by atoms with van der Waals surface area (Å²) in [6.07, 6.45) is -0.918. The Hall–Kier alpha value is -3.07. The van der Waals surface area contributed by atoms with Crippen LogP contribution in [0.4, 0.5) is 13.2 Å². The van der Waals surface area contributed by atoms with Crippen molar-refractivity contribution in [1.29, 1.82) is 0 Å². The first kappa shape index (κ1) is 24.1. The van der Waals surface area contributed by atoms with Crippen molar-refractivity contribution in [2.24, 2.45) is 5.92 Å². The summed E-state index contributed by atoms with van der Waals surface area (Å²) in [7, 11) is 0. The van der Waals surface area contributed by atoms with E-state index in [1.165, 1.54) is 23.9 Å². The molecule has 5 nitrogen and oxygen atoms in total. The molecule has 0 bridgehead atoms. The van der Waals surface area contributed by atoms with Crippen LogP contribution < -0.4 is 10.7 Å². The van der Waals surface area contributed by atoms with Gasteiger partial charge in [0.25, 0.3) is 5.91 Å². The number of halogens is 3. The number of amides is 1. The molecule has 1 atom stereocenters. The normalized spacial score (nSPS) is 15.4. The van der Waals surface area contributed by atoms with Crippen molar-refractivity contribution in [3.05, 3.63) is 87.1 Å². The Bertz CT molecular complexity index is 1290. The first-order valence-electron chi connectivity index (χ1n) is 10.9. The van der Waals surface area contributed by atoms with E-state index in [0.29, 0.717) is 28.5 Å². The molecule has 1 amide bonds. The highest BCUT2D eigenvalue weighted by Crippen LogP contribution is 2.45. The summed E-state index contributed by atoms with van der Waals surface area (Å²) in [5.41, 5.74) is 0.743. The Kier molecular flexibility index (Phi) is 6.58. The van der Waals surface area contributed by atoms with Crippen molar-refractivity contribution in [2.75, 3.05) is 6.54 Å². The van der Waals surface area contributed by atoms with Gasteiger partial charge in [-0.1, -0.05) is 19.9 Å². The lowest BCUT2D eigenvalue weighted by Gasteiger charge is -2.21. The van der Waals surface area contributed by atoms with Gasteiger partial charge in [-0.25, -0.2) is 0 Å². The number of fused-ring (bicyclic) bond motifs is 3. The largest absolute Gasteiger partial charge is 0.416 e. The number of benzene rings is 1. The van der Waals surface area contributed by atoms with E-state index in [1.807, 2.05) is 19.9 Å². The molecule has 178 valence electrons. The van der Waals surface area contributed by atoms with Crippen LogP contribution in [0.15, 0.2) is 58.5 Å². The molecule has 0 fully saturated rings. The summed E-state index contributed by atoms with van der Waals surface area (Å²) in [5, 5.41) is 2.54. The summed E-state index contributed by atoms with van der Waals surface area (Å²) in [4.78, 5) is 30.9. The highest BCUT2D eigenvalue weighted by molar-refractivity contribution is 7.99. The van der Waals surface area contributed by atoms with Crippen LogP contribution in [0.5, 0.6) is 0 Å². The Labute approximate surface area is 199 Å². The molecule has 1 N–H and O–H groups in total. The van der Waals surface area contributed by atoms with E-state index in [-0.39, 0.29) is 23.2 Å². The maximum atomic E-state index is 13.6. The Balaban J connectivity index is 1.98. The van der Waals surface area contributed by atoms with Crippen LogP contribution in [0.3, 0.4) is 0 Å². The minimum atomic E-state index is -4.53. The fourth-order valence-corrected chi connectivity index (χ4v) is 5.28. The Morgan fingerprint density at radius 1 is 1.26 bits per heavy atom. The summed E-state index contributed by atoms with van der Waals surface area (Å²) in [6.45, 7) is 5.92. The lowest BCUT2D eigenvalue weighted by molar-refractivity contribution is -0.137. The first-order chi connectivity index (χ1) is 16.1. The quantitative estimate of drug-likeness (QED) is 0.540. The van der Waals surface area contributed by atoms with E-state index in [9.17, 15) is 22.8 Å². The van der Waals surface area contributed by atoms with Crippen molar-refractivity contribution >= 4 is 17.7 Å². The van der Waals surface area contributed by atoms with Gasteiger partial charge in [0.15, 0.2) is 5.43 Å². The second-order valence-corrected chi connectivity index (χ2v) is 9.93. The number of aromatic nitrogens is 2. The summed E-state index contributed by atoms with van der Waals surface area (Å²) in [6, 6.07) is 8.59. The Morgan fingerprint density at radius 3 is 2.68 bits per heavy atom. The maximum absolute atomic E-state index is 13.6. The molecule has 0 saturated heterocycles. The van der Waals surface area contributed by atoms with Gasteiger partial charge in [-0.2, -0.15) is 13.2 Å². The molecule has 9 heteroatoms. The zero-order chi connectivity index (χ0) is 24.6. The van der Waals surface area contributed by atoms with Gasteiger partial charge in [-0.15, -0.1) is 11.8 Å².